The van der Waals surface area contributed by atoms with E-state index in [4.69, 9.17) is 16.3 Å². The lowest BCUT2D eigenvalue weighted by Gasteiger charge is -2.05. The van der Waals surface area contributed by atoms with E-state index in [0.717, 1.165) is 11.3 Å². The molecule has 132 valence electrons. The Bertz CT molecular complexity index is 968. The van der Waals surface area contributed by atoms with Gasteiger partial charge in [0.1, 0.15) is 0 Å². The molecule has 0 amide bonds. The molecule has 1 N–H and O–H groups in total. The minimum Gasteiger partial charge on any atom is -0.490 e. The minimum absolute atomic E-state index is 0.186. The normalized spacial score (nSPS) is 11.8. The van der Waals surface area contributed by atoms with Crippen molar-refractivity contribution in [1.29, 1.82) is 0 Å². The number of hydrogen-bond donors (Lipinski definition) is 1. The molecule has 0 bridgehead atoms. The molecule has 0 radical (unpaired) electrons. The maximum atomic E-state index is 12.2. The Balaban J connectivity index is 1.68. The van der Waals surface area contributed by atoms with Gasteiger partial charge in [-0.1, -0.05) is 11.6 Å². The van der Waals surface area contributed by atoms with Crippen LogP contribution in [0.2, 0.25) is 5.02 Å². The zero-order chi connectivity index (χ0) is 17.9. The summed E-state index contributed by atoms with van der Waals surface area (Å²) in [6, 6.07) is 9.79. The molecule has 0 saturated carbocycles. The lowest BCUT2D eigenvalue weighted by molar-refractivity contribution is 0.342. The van der Waals surface area contributed by atoms with Gasteiger partial charge in [0.2, 0.25) is 10.0 Å². The molecule has 0 aliphatic rings. The van der Waals surface area contributed by atoms with Crippen LogP contribution in [0.1, 0.15) is 12.6 Å². The van der Waals surface area contributed by atoms with Crippen molar-refractivity contribution in [3.05, 3.63) is 59.5 Å². The Morgan fingerprint density at radius 1 is 1.24 bits per heavy atom. The standard InChI is InChI=1S/C17H18ClN3O3S/c1-2-24-16-4-3-11-21-12-14(20-17(16)21)9-10-19-25(22,23)15-7-5-13(18)6-8-15/h3-8,11-12,19H,2,9-10H2,1H3. The fourth-order valence-electron chi connectivity index (χ4n) is 2.44. The third kappa shape index (κ3) is 4.12. The Morgan fingerprint density at radius 2 is 2.00 bits per heavy atom. The largest absolute Gasteiger partial charge is 0.490 e. The topological polar surface area (TPSA) is 72.7 Å². The number of aromatic nitrogens is 2. The van der Waals surface area contributed by atoms with Crippen molar-refractivity contribution in [2.75, 3.05) is 13.2 Å². The van der Waals surface area contributed by atoms with Crippen LogP contribution in [-0.2, 0) is 16.4 Å². The minimum atomic E-state index is -3.56. The number of rotatable bonds is 7. The Morgan fingerprint density at radius 3 is 2.72 bits per heavy atom. The molecule has 1 aromatic carbocycles. The fourth-order valence-corrected chi connectivity index (χ4v) is 3.59. The number of benzene rings is 1. The number of imidazole rings is 1. The molecule has 25 heavy (non-hydrogen) atoms. The summed E-state index contributed by atoms with van der Waals surface area (Å²) in [6.07, 6.45) is 4.22. The summed E-state index contributed by atoms with van der Waals surface area (Å²) in [5.74, 6) is 0.706. The highest BCUT2D eigenvalue weighted by atomic mass is 35.5. The van der Waals surface area contributed by atoms with Gasteiger partial charge >= 0.3 is 0 Å². The van der Waals surface area contributed by atoms with E-state index in [9.17, 15) is 8.42 Å². The van der Waals surface area contributed by atoms with Gasteiger partial charge in [-0.3, -0.25) is 0 Å². The van der Waals surface area contributed by atoms with Gasteiger partial charge in [-0.2, -0.15) is 0 Å². The highest BCUT2D eigenvalue weighted by Crippen LogP contribution is 2.19. The van der Waals surface area contributed by atoms with E-state index < -0.39 is 10.0 Å². The van der Waals surface area contributed by atoms with Gasteiger partial charge in [0.25, 0.3) is 0 Å². The molecule has 0 atom stereocenters. The first-order valence-corrected chi connectivity index (χ1v) is 9.70. The molecule has 0 spiro atoms. The molecule has 0 saturated heterocycles. The number of fused-ring (bicyclic) bond motifs is 1. The number of hydrogen-bond acceptors (Lipinski definition) is 4. The van der Waals surface area contributed by atoms with Gasteiger partial charge in [0.05, 0.1) is 17.2 Å². The van der Waals surface area contributed by atoms with Gasteiger partial charge in [-0.25, -0.2) is 18.1 Å². The summed E-state index contributed by atoms with van der Waals surface area (Å²) in [5.41, 5.74) is 1.51. The maximum Gasteiger partial charge on any atom is 0.240 e. The predicted octanol–water partition coefficient (Wildman–Crippen LogP) is 2.91. The second-order valence-corrected chi connectivity index (χ2v) is 7.57. The van der Waals surface area contributed by atoms with Gasteiger partial charge in [-0.15, -0.1) is 0 Å². The zero-order valence-electron chi connectivity index (χ0n) is 13.6. The van der Waals surface area contributed by atoms with Gasteiger partial charge in [0, 0.05) is 30.4 Å². The lowest BCUT2D eigenvalue weighted by Crippen LogP contribution is -2.26. The van der Waals surface area contributed by atoms with Crippen LogP contribution in [-0.4, -0.2) is 31.0 Å². The van der Waals surface area contributed by atoms with Crippen molar-refractivity contribution in [3.63, 3.8) is 0 Å². The van der Waals surface area contributed by atoms with E-state index >= 15 is 0 Å². The zero-order valence-corrected chi connectivity index (χ0v) is 15.2. The van der Waals surface area contributed by atoms with Crippen molar-refractivity contribution in [1.82, 2.24) is 14.1 Å². The van der Waals surface area contributed by atoms with E-state index in [2.05, 4.69) is 9.71 Å². The molecule has 0 aliphatic heterocycles. The molecule has 6 nitrogen and oxygen atoms in total. The number of halogens is 1. The van der Waals surface area contributed by atoms with Crippen LogP contribution < -0.4 is 9.46 Å². The van der Waals surface area contributed by atoms with E-state index in [1.54, 1.807) is 12.1 Å². The van der Waals surface area contributed by atoms with E-state index in [0.29, 0.717) is 23.8 Å². The molecule has 0 aliphatic carbocycles. The molecular formula is C17H18ClN3O3S. The molecule has 3 aromatic rings. The van der Waals surface area contributed by atoms with Crippen molar-refractivity contribution in [3.8, 4) is 5.75 Å². The monoisotopic (exact) mass is 379 g/mol. The number of nitrogens with zero attached hydrogens (tertiary/aromatic N) is 2. The predicted molar refractivity (Wildman–Crippen MR) is 96.7 cm³/mol. The number of ether oxygens (including phenoxy) is 1. The maximum absolute atomic E-state index is 12.2. The Labute approximate surface area is 151 Å². The van der Waals surface area contributed by atoms with Crippen LogP contribution in [0.15, 0.2) is 53.7 Å². The molecule has 3 rings (SSSR count). The molecule has 0 unspecified atom stereocenters. The van der Waals surface area contributed by atoms with Crippen LogP contribution in [0.5, 0.6) is 5.75 Å². The van der Waals surface area contributed by atoms with E-state index in [1.165, 1.54) is 12.1 Å². The number of pyridine rings is 1. The second-order valence-electron chi connectivity index (χ2n) is 5.37. The average Bonchev–Trinajstić information content (AvgIpc) is 2.99. The van der Waals surface area contributed by atoms with Crippen molar-refractivity contribution < 1.29 is 13.2 Å². The van der Waals surface area contributed by atoms with Crippen molar-refractivity contribution in [2.24, 2.45) is 0 Å². The third-order valence-electron chi connectivity index (χ3n) is 3.59. The number of nitrogens with one attached hydrogen (secondary N) is 1. The summed E-state index contributed by atoms with van der Waals surface area (Å²) < 4.78 is 34.5. The summed E-state index contributed by atoms with van der Waals surface area (Å²) in [6.45, 7) is 2.72. The average molecular weight is 380 g/mol. The molecule has 0 fully saturated rings. The molecule has 8 heteroatoms. The van der Waals surface area contributed by atoms with Crippen LogP contribution in [0.25, 0.3) is 5.65 Å². The van der Waals surface area contributed by atoms with Crippen LogP contribution >= 0.6 is 11.6 Å². The van der Waals surface area contributed by atoms with Crippen LogP contribution in [0.4, 0.5) is 0 Å². The van der Waals surface area contributed by atoms with E-state index in [1.807, 2.05) is 35.9 Å². The van der Waals surface area contributed by atoms with E-state index in [-0.39, 0.29) is 11.4 Å². The first-order valence-electron chi connectivity index (χ1n) is 7.84. The first kappa shape index (κ1) is 17.7. The molecular weight excluding hydrogens is 362 g/mol. The highest BCUT2D eigenvalue weighted by molar-refractivity contribution is 7.89. The molecule has 2 heterocycles. The lowest BCUT2D eigenvalue weighted by atomic mass is 10.3. The fraction of sp³-hybridized carbons (Fsp3) is 0.235. The SMILES string of the molecule is CCOc1cccn2cc(CCNS(=O)(=O)c3ccc(Cl)cc3)nc12. The Kier molecular flexibility index (Phi) is 5.27. The van der Waals surface area contributed by atoms with Crippen LogP contribution in [0, 0.1) is 0 Å². The van der Waals surface area contributed by atoms with Crippen molar-refractivity contribution in [2.45, 2.75) is 18.2 Å². The van der Waals surface area contributed by atoms with Crippen molar-refractivity contribution >= 4 is 27.3 Å². The quantitative estimate of drug-likeness (QED) is 0.685. The summed E-state index contributed by atoms with van der Waals surface area (Å²) in [5, 5.41) is 0.494. The molecule has 2 aromatic heterocycles. The third-order valence-corrected chi connectivity index (χ3v) is 5.32. The summed E-state index contributed by atoms with van der Waals surface area (Å²) in [4.78, 5) is 4.71. The summed E-state index contributed by atoms with van der Waals surface area (Å²) in [7, 11) is -3.56. The Hall–Kier alpha value is -2.09. The first-order chi connectivity index (χ1) is 12.0. The summed E-state index contributed by atoms with van der Waals surface area (Å²) >= 11 is 5.78. The van der Waals surface area contributed by atoms with Gasteiger partial charge < -0.3 is 9.14 Å². The van der Waals surface area contributed by atoms with Crippen LogP contribution in [0.3, 0.4) is 0 Å². The second kappa shape index (κ2) is 7.43. The number of sulfonamides is 1. The van der Waals surface area contributed by atoms with Gasteiger partial charge in [-0.05, 0) is 43.3 Å². The van der Waals surface area contributed by atoms with Gasteiger partial charge in [0.15, 0.2) is 11.4 Å². The highest BCUT2D eigenvalue weighted by Gasteiger charge is 2.14. The smallest absolute Gasteiger partial charge is 0.240 e.